The Labute approximate surface area is 355 Å². The van der Waals surface area contributed by atoms with Gasteiger partial charge in [-0.25, -0.2) is 15.0 Å². The molecule has 3 aliphatic carbocycles. The van der Waals surface area contributed by atoms with Gasteiger partial charge in [0.05, 0.1) is 50.5 Å². The topological polar surface area (TPSA) is 175 Å². The van der Waals surface area contributed by atoms with Crippen LogP contribution in [0, 0.1) is 38.5 Å². The Hall–Kier alpha value is -2.63. The molecule has 3 heterocycles. The minimum absolute atomic E-state index is 0.155. The first-order valence-corrected chi connectivity index (χ1v) is 20.8. The van der Waals surface area contributed by atoms with E-state index in [4.69, 9.17) is 9.47 Å². The Morgan fingerprint density at radius 3 is 1.25 bits per heavy atom. The highest BCUT2D eigenvalue weighted by atomic mass is 79.9. The van der Waals surface area contributed by atoms with Crippen molar-refractivity contribution in [2.24, 2.45) is 17.8 Å². The fourth-order valence-electron chi connectivity index (χ4n) is 6.74. The number of hydrogen-bond acceptors (Lipinski definition) is 12. The minimum Gasteiger partial charge on any atom is -0.469 e. The summed E-state index contributed by atoms with van der Waals surface area (Å²) in [5.41, 5.74) is 2.47. The van der Waals surface area contributed by atoms with Crippen LogP contribution in [-0.4, -0.2) is 70.2 Å². The lowest BCUT2D eigenvalue weighted by molar-refractivity contribution is -0.146. The zero-order chi connectivity index (χ0) is 41.1. The molecule has 16 heteroatoms. The third kappa shape index (κ3) is 14.1. The van der Waals surface area contributed by atoms with E-state index in [1.54, 1.807) is 0 Å². The van der Waals surface area contributed by atoms with Gasteiger partial charge in [0.15, 0.2) is 0 Å². The second-order valence-electron chi connectivity index (χ2n) is 14.0. The van der Waals surface area contributed by atoms with Crippen LogP contribution in [0.15, 0.2) is 54.8 Å². The molecule has 3 aliphatic rings. The molecule has 3 aromatic heterocycles. The van der Waals surface area contributed by atoms with Crippen LogP contribution in [0.5, 0.6) is 0 Å². The van der Waals surface area contributed by atoms with Crippen LogP contribution in [0.1, 0.15) is 85.9 Å². The molecular formula is C39H47Br4N3O9. The highest BCUT2D eigenvalue weighted by molar-refractivity contribution is 9.11. The van der Waals surface area contributed by atoms with Crippen LogP contribution < -0.4 is 0 Å². The van der Waals surface area contributed by atoms with Crippen molar-refractivity contribution in [1.29, 1.82) is 0 Å². The maximum Gasteiger partial charge on any atom is 0.309 e. The number of aromatic nitrogens is 3. The first-order valence-electron chi connectivity index (χ1n) is 17.6. The smallest absolute Gasteiger partial charge is 0.309 e. The SMILES string of the molecule is COC(=O)C1CCC(=O)C1.COC(=O)[C@@H]1CC[C@@](O)(c2cc(C)cc(Br)n2)C1.COC(=O)[C@@H]1CC[C@](O)(c2cc(C)cc(Br)n2)C1.Cc1cc(Br)nc(Br)c1. The van der Waals surface area contributed by atoms with E-state index in [1.165, 1.54) is 26.9 Å². The predicted molar refractivity (Wildman–Crippen MR) is 219 cm³/mol. The summed E-state index contributed by atoms with van der Waals surface area (Å²) >= 11 is 13.2. The van der Waals surface area contributed by atoms with Crippen molar-refractivity contribution in [3.8, 4) is 0 Å². The summed E-state index contributed by atoms with van der Waals surface area (Å²) in [6.07, 6.45) is 4.70. The molecule has 0 radical (unpaired) electrons. The number of nitrogens with zero attached hydrogens (tertiary/aromatic N) is 3. The monoisotopic (exact) mass is 1020 g/mol. The molecule has 0 spiro atoms. The number of carbonyl (C=O) groups excluding carboxylic acids is 4. The van der Waals surface area contributed by atoms with Crippen molar-refractivity contribution in [2.45, 2.75) is 89.8 Å². The molecule has 5 atom stereocenters. The lowest BCUT2D eigenvalue weighted by Crippen LogP contribution is -2.25. The molecule has 3 saturated carbocycles. The van der Waals surface area contributed by atoms with E-state index in [9.17, 15) is 29.4 Å². The largest absolute Gasteiger partial charge is 0.469 e. The summed E-state index contributed by atoms with van der Waals surface area (Å²) in [5, 5.41) is 21.3. The normalized spacial score (nSPS) is 23.9. The summed E-state index contributed by atoms with van der Waals surface area (Å²) in [6.45, 7) is 5.93. The summed E-state index contributed by atoms with van der Waals surface area (Å²) in [6, 6.07) is 11.4. The quantitative estimate of drug-likeness (QED) is 0.143. The molecule has 0 aromatic carbocycles. The highest BCUT2D eigenvalue weighted by Crippen LogP contribution is 2.43. The zero-order valence-corrected chi connectivity index (χ0v) is 38.0. The maximum absolute atomic E-state index is 11.5. The van der Waals surface area contributed by atoms with E-state index < -0.39 is 11.2 Å². The van der Waals surface area contributed by atoms with Gasteiger partial charge in [0, 0.05) is 12.8 Å². The molecule has 1 unspecified atom stereocenters. The summed E-state index contributed by atoms with van der Waals surface area (Å²) in [7, 11) is 4.10. The van der Waals surface area contributed by atoms with Crippen LogP contribution in [0.25, 0.3) is 0 Å². The van der Waals surface area contributed by atoms with Gasteiger partial charge in [0.2, 0.25) is 0 Å². The van der Waals surface area contributed by atoms with Gasteiger partial charge in [-0.15, -0.1) is 0 Å². The second kappa shape index (κ2) is 21.2. The van der Waals surface area contributed by atoms with Gasteiger partial charge in [0.1, 0.15) is 35.4 Å². The first-order chi connectivity index (χ1) is 25.8. The molecule has 3 aromatic rings. The van der Waals surface area contributed by atoms with Gasteiger partial charge in [-0.3, -0.25) is 19.2 Å². The van der Waals surface area contributed by atoms with Crippen molar-refractivity contribution in [1.82, 2.24) is 15.0 Å². The molecule has 55 heavy (non-hydrogen) atoms. The first kappa shape index (κ1) is 46.8. The van der Waals surface area contributed by atoms with Crippen molar-refractivity contribution in [3.05, 3.63) is 82.9 Å². The summed E-state index contributed by atoms with van der Waals surface area (Å²) in [5.74, 6) is -1.20. The summed E-state index contributed by atoms with van der Waals surface area (Å²) < 4.78 is 17.1. The highest BCUT2D eigenvalue weighted by Gasteiger charge is 2.44. The summed E-state index contributed by atoms with van der Waals surface area (Å²) in [4.78, 5) is 57.2. The van der Waals surface area contributed by atoms with Gasteiger partial charge >= 0.3 is 17.9 Å². The fourth-order valence-corrected chi connectivity index (χ4v) is 9.19. The zero-order valence-electron chi connectivity index (χ0n) is 31.7. The van der Waals surface area contributed by atoms with E-state index in [0.717, 1.165) is 20.3 Å². The van der Waals surface area contributed by atoms with Gasteiger partial charge in [-0.2, -0.15) is 0 Å². The van der Waals surface area contributed by atoms with Gasteiger partial charge in [-0.05, 0) is 183 Å². The Bertz CT molecular complexity index is 1670. The standard InChI is InChI=1S/2C13H16BrNO3.C7H10O3.C6H5Br2N/c2*1-8-5-10(15-11(14)6-8)13(17)4-3-9(7-13)12(16)18-2;1-10-7(9)5-2-3-6(8)4-5;1-4-2-5(7)9-6(8)3-4/h2*5-6,9,17H,3-4,7H2,1-2H3;5H,2-4H2,1H3;2-3H,1H3/t9-,13+;9-,13-;;/m11../s1. The molecular weight excluding hydrogens is 974 g/mol. The number of Topliss-reactive ketones (excluding diaryl/α,β-unsaturated/α-hetero) is 1. The maximum atomic E-state index is 11.5. The van der Waals surface area contributed by atoms with Gasteiger partial charge < -0.3 is 24.4 Å². The molecule has 300 valence electrons. The number of aliphatic hydroxyl groups is 2. The Balaban J connectivity index is 0.000000206. The number of aryl methyl sites for hydroxylation is 3. The molecule has 2 N–H and O–H groups in total. The van der Waals surface area contributed by atoms with E-state index in [-0.39, 0.29) is 41.4 Å². The lowest BCUT2D eigenvalue weighted by Gasteiger charge is -2.22. The van der Waals surface area contributed by atoms with Crippen LogP contribution in [-0.2, 0) is 44.6 Å². The van der Waals surface area contributed by atoms with E-state index in [0.29, 0.717) is 78.4 Å². The van der Waals surface area contributed by atoms with Crippen LogP contribution in [0.3, 0.4) is 0 Å². The number of rotatable bonds is 5. The number of carbonyl (C=O) groups is 4. The van der Waals surface area contributed by atoms with Crippen molar-refractivity contribution < 1.29 is 43.6 Å². The average molecular weight is 1020 g/mol. The Morgan fingerprint density at radius 2 is 0.945 bits per heavy atom. The van der Waals surface area contributed by atoms with E-state index in [1.807, 2.05) is 57.2 Å². The van der Waals surface area contributed by atoms with Crippen LogP contribution >= 0.6 is 63.7 Å². The third-order valence-corrected chi connectivity index (χ3v) is 11.2. The fraction of sp³-hybridized carbons (Fsp3) is 0.513. The lowest BCUT2D eigenvalue weighted by atomic mass is 9.95. The van der Waals surface area contributed by atoms with Gasteiger partial charge in [-0.1, -0.05) is 0 Å². The number of pyridine rings is 3. The van der Waals surface area contributed by atoms with E-state index in [2.05, 4.69) is 83.4 Å². The molecule has 3 fully saturated rings. The molecule has 0 bridgehead atoms. The predicted octanol–water partition coefficient (Wildman–Crippen LogP) is 8.07. The number of halogens is 4. The van der Waals surface area contributed by atoms with Crippen molar-refractivity contribution >= 4 is 87.4 Å². The third-order valence-electron chi connectivity index (χ3n) is 9.57. The minimum atomic E-state index is -1.02. The Morgan fingerprint density at radius 1 is 0.600 bits per heavy atom. The number of ketones is 1. The van der Waals surface area contributed by atoms with Crippen LogP contribution in [0.4, 0.5) is 0 Å². The number of ether oxygens (including phenoxy) is 3. The number of methoxy groups -OCH3 is 3. The van der Waals surface area contributed by atoms with Crippen molar-refractivity contribution in [2.75, 3.05) is 21.3 Å². The van der Waals surface area contributed by atoms with Crippen molar-refractivity contribution in [3.63, 3.8) is 0 Å². The number of hydrogen-bond donors (Lipinski definition) is 2. The average Bonchev–Trinajstić information content (AvgIpc) is 3.86. The molecule has 6 rings (SSSR count). The molecule has 0 saturated heterocycles. The second-order valence-corrected chi connectivity index (χ2v) is 17.2. The molecule has 0 amide bonds. The molecule has 12 nitrogen and oxygen atoms in total. The number of esters is 3. The Kier molecular flexibility index (Phi) is 18.0. The van der Waals surface area contributed by atoms with Gasteiger partial charge in [0.25, 0.3) is 0 Å². The van der Waals surface area contributed by atoms with E-state index >= 15 is 0 Å². The van der Waals surface area contributed by atoms with Crippen LogP contribution in [0.2, 0.25) is 0 Å². The molecule has 0 aliphatic heterocycles.